The van der Waals surface area contributed by atoms with Crippen LogP contribution in [0.2, 0.25) is 0 Å². The molecule has 1 heterocycles. The minimum atomic E-state index is -1.04. The smallest absolute Gasteiger partial charge is 0.328 e. The number of carbonyl (C=O) groups is 2. The molecule has 2 rings (SSSR count). The van der Waals surface area contributed by atoms with Crippen molar-refractivity contribution in [1.82, 2.24) is 9.55 Å². The minimum absolute atomic E-state index is 0.219. The third kappa shape index (κ3) is 4.92. The van der Waals surface area contributed by atoms with Crippen LogP contribution in [0.4, 0.5) is 5.69 Å². The van der Waals surface area contributed by atoms with E-state index in [0.717, 1.165) is 16.2 Å². The van der Waals surface area contributed by atoms with E-state index >= 15 is 0 Å². The molecule has 0 saturated heterocycles. The number of hydrogen-bond acceptors (Lipinski definition) is 5. The van der Waals surface area contributed by atoms with E-state index in [2.05, 4.69) is 5.32 Å². The predicted molar refractivity (Wildman–Crippen MR) is 96.0 cm³/mol. The van der Waals surface area contributed by atoms with Crippen molar-refractivity contribution < 1.29 is 14.3 Å². The normalized spacial score (nSPS) is 11.8. The lowest BCUT2D eigenvalue weighted by atomic mass is 10.0. The Morgan fingerprint density at radius 2 is 1.85 bits per heavy atom. The highest BCUT2D eigenvalue weighted by Crippen LogP contribution is 2.23. The molecule has 0 spiro atoms. The number of nitrogens with zero attached hydrogens (tertiary/aromatic N) is 1. The molecule has 138 valence electrons. The Labute approximate surface area is 149 Å². The second kappa shape index (κ2) is 8.28. The molecule has 0 fully saturated rings. The fourth-order valence-electron chi connectivity index (χ4n) is 2.34. The molecule has 8 nitrogen and oxygen atoms in total. The number of para-hydroxylation sites is 1. The van der Waals surface area contributed by atoms with Gasteiger partial charge in [0.25, 0.3) is 11.5 Å². The number of ether oxygens (including phenoxy) is 1. The summed E-state index contributed by atoms with van der Waals surface area (Å²) in [4.78, 5) is 48.8. The summed E-state index contributed by atoms with van der Waals surface area (Å²) in [5.74, 6) is -1.02. The topological polar surface area (TPSA) is 110 Å². The number of nitrogens with one attached hydrogen (secondary N) is 2. The standard InChI is InChI=1S/C18H21N3O5/c1-11(2)13-6-4-5-7-14(13)19-17(24)12(3)26-16(23)10-21-9-8-15(22)20-18(21)25/h4-9,11-12H,10H2,1-3H3,(H,19,24)(H,20,22,25)/t12-/m0/s1. The average molecular weight is 359 g/mol. The van der Waals surface area contributed by atoms with Crippen LogP contribution in [0.5, 0.6) is 0 Å². The van der Waals surface area contributed by atoms with E-state index in [9.17, 15) is 19.2 Å². The number of carbonyl (C=O) groups excluding carboxylic acids is 2. The molecule has 0 radical (unpaired) electrons. The Bertz CT molecular complexity index is 913. The lowest BCUT2D eigenvalue weighted by Gasteiger charge is -2.17. The van der Waals surface area contributed by atoms with Crippen LogP contribution in [0.15, 0.2) is 46.1 Å². The molecule has 2 aromatic rings. The lowest BCUT2D eigenvalue weighted by Crippen LogP contribution is -2.35. The van der Waals surface area contributed by atoms with Gasteiger partial charge in [0, 0.05) is 18.0 Å². The third-order valence-electron chi connectivity index (χ3n) is 3.71. The Hall–Kier alpha value is -3.16. The first-order valence-electron chi connectivity index (χ1n) is 8.17. The van der Waals surface area contributed by atoms with Crippen LogP contribution in [0.25, 0.3) is 0 Å². The molecule has 0 aliphatic rings. The summed E-state index contributed by atoms with van der Waals surface area (Å²) in [5, 5.41) is 2.75. The van der Waals surface area contributed by atoms with Crippen molar-refractivity contribution in [3.63, 3.8) is 0 Å². The van der Waals surface area contributed by atoms with Crippen LogP contribution in [-0.4, -0.2) is 27.5 Å². The zero-order chi connectivity index (χ0) is 19.3. The van der Waals surface area contributed by atoms with Crippen molar-refractivity contribution in [3.8, 4) is 0 Å². The molecule has 0 aliphatic heterocycles. The van der Waals surface area contributed by atoms with Gasteiger partial charge in [-0.1, -0.05) is 32.0 Å². The minimum Gasteiger partial charge on any atom is -0.451 e. The molecule has 0 bridgehead atoms. The van der Waals surface area contributed by atoms with Crippen molar-refractivity contribution in [2.24, 2.45) is 0 Å². The number of hydrogen-bond donors (Lipinski definition) is 2. The highest BCUT2D eigenvalue weighted by atomic mass is 16.5. The van der Waals surface area contributed by atoms with Gasteiger partial charge in [-0.2, -0.15) is 0 Å². The monoisotopic (exact) mass is 359 g/mol. The molecule has 1 amide bonds. The molecule has 26 heavy (non-hydrogen) atoms. The fraction of sp³-hybridized carbons (Fsp3) is 0.333. The van der Waals surface area contributed by atoms with Crippen LogP contribution in [0, 0.1) is 0 Å². The van der Waals surface area contributed by atoms with E-state index in [1.54, 1.807) is 12.1 Å². The van der Waals surface area contributed by atoms with E-state index in [1.807, 2.05) is 31.0 Å². The third-order valence-corrected chi connectivity index (χ3v) is 3.71. The molecule has 1 aromatic heterocycles. The lowest BCUT2D eigenvalue weighted by molar-refractivity contribution is -0.153. The maximum Gasteiger partial charge on any atom is 0.328 e. The van der Waals surface area contributed by atoms with Crippen LogP contribution in [0.1, 0.15) is 32.3 Å². The molecule has 0 aliphatic carbocycles. The number of anilines is 1. The maximum absolute atomic E-state index is 12.3. The van der Waals surface area contributed by atoms with Crippen molar-refractivity contribution in [2.45, 2.75) is 39.3 Å². The molecule has 0 unspecified atom stereocenters. The number of esters is 1. The first-order chi connectivity index (χ1) is 12.3. The second-order valence-corrected chi connectivity index (χ2v) is 6.10. The quantitative estimate of drug-likeness (QED) is 0.754. The van der Waals surface area contributed by atoms with Crippen LogP contribution in [-0.2, 0) is 20.9 Å². The fourth-order valence-corrected chi connectivity index (χ4v) is 2.34. The Balaban J connectivity index is 1.99. The van der Waals surface area contributed by atoms with Crippen molar-refractivity contribution in [1.29, 1.82) is 0 Å². The number of amides is 1. The molecule has 2 N–H and O–H groups in total. The first-order valence-corrected chi connectivity index (χ1v) is 8.17. The van der Waals surface area contributed by atoms with Crippen LogP contribution < -0.4 is 16.6 Å². The molecular weight excluding hydrogens is 338 g/mol. The van der Waals surface area contributed by atoms with E-state index in [-0.39, 0.29) is 5.92 Å². The van der Waals surface area contributed by atoms with E-state index in [4.69, 9.17) is 4.74 Å². The maximum atomic E-state index is 12.3. The van der Waals surface area contributed by atoms with E-state index in [1.165, 1.54) is 13.1 Å². The zero-order valence-corrected chi connectivity index (χ0v) is 14.8. The van der Waals surface area contributed by atoms with Gasteiger partial charge in [-0.15, -0.1) is 0 Å². The Morgan fingerprint density at radius 3 is 2.50 bits per heavy atom. The van der Waals surface area contributed by atoms with Gasteiger partial charge in [0.15, 0.2) is 6.10 Å². The highest BCUT2D eigenvalue weighted by Gasteiger charge is 2.19. The SMILES string of the molecule is CC(C)c1ccccc1NC(=O)[C@H](C)OC(=O)Cn1ccc(=O)[nH]c1=O. The van der Waals surface area contributed by atoms with E-state index < -0.39 is 35.8 Å². The van der Waals surface area contributed by atoms with Crippen molar-refractivity contribution in [3.05, 3.63) is 62.9 Å². The van der Waals surface area contributed by atoms with Gasteiger partial charge < -0.3 is 10.1 Å². The van der Waals surface area contributed by atoms with Crippen molar-refractivity contribution in [2.75, 3.05) is 5.32 Å². The second-order valence-electron chi connectivity index (χ2n) is 6.10. The summed E-state index contributed by atoms with van der Waals surface area (Å²) in [5.41, 5.74) is 0.347. The first kappa shape index (κ1) is 19.2. The summed E-state index contributed by atoms with van der Waals surface area (Å²) in [7, 11) is 0. The number of aromatic nitrogens is 2. The number of H-pyrrole nitrogens is 1. The van der Waals surface area contributed by atoms with Crippen molar-refractivity contribution >= 4 is 17.6 Å². The average Bonchev–Trinajstić information content (AvgIpc) is 2.57. The summed E-state index contributed by atoms with van der Waals surface area (Å²) in [6.07, 6.45) is 0.146. The Kier molecular flexibility index (Phi) is 6.11. The summed E-state index contributed by atoms with van der Waals surface area (Å²) in [6, 6.07) is 8.51. The molecule has 8 heteroatoms. The van der Waals surface area contributed by atoms with Crippen LogP contribution in [0.3, 0.4) is 0 Å². The summed E-state index contributed by atoms with van der Waals surface area (Å²) >= 11 is 0. The summed E-state index contributed by atoms with van der Waals surface area (Å²) in [6.45, 7) is 5.06. The van der Waals surface area contributed by atoms with E-state index in [0.29, 0.717) is 5.69 Å². The number of aromatic amines is 1. The van der Waals surface area contributed by atoms with Gasteiger partial charge in [-0.05, 0) is 24.5 Å². The molecule has 0 saturated carbocycles. The number of rotatable bonds is 6. The van der Waals surface area contributed by atoms with Gasteiger partial charge >= 0.3 is 11.7 Å². The predicted octanol–water partition coefficient (Wildman–Crippen LogP) is 1.23. The van der Waals surface area contributed by atoms with Gasteiger partial charge in [0.05, 0.1) is 0 Å². The molecule has 1 aromatic carbocycles. The van der Waals surface area contributed by atoms with Gasteiger partial charge in [0.1, 0.15) is 6.54 Å². The molecular formula is C18H21N3O5. The largest absolute Gasteiger partial charge is 0.451 e. The number of benzene rings is 1. The molecule has 1 atom stereocenters. The summed E-state index contributed by atoms with van der Waals surface area (Å²) < 4.78 is 6.06. The zero-order valence-electron chi connectivity index (χ0n) is 14.8. The van der Waals surface area contributed by atoms with Gasteiger partial charge in [0.2, 0.25) is 0 Å². The highest BCUT2D eigenvalue weighted by molar-refractivity contribution is 5.95. The Morgan fingerprint density at radius 1 is 1.15 bits per heavy atom. The van der Waals surface area contributed by atoms with Gasteiger partial charge in [-0.3, -0.25) is 23.9 Å². The van der Waals surface area contributed by atoms with Crippen LogP contribution >= 0.6 is 0 Å². The van der Waals surface area contributed by atoms with Gasteiger partial charge in [-0.25, -0.2) is 4.79 Å².